The van der Waals surface area contributed by atoms with Crippen molar-refractivity contribution in [1.82, 2.24) is 29.1 Å². The van der Waals surface area contributed by atoms with E-state index in [1.807, 2.05) is 9.47 Å². The quantitative estimate of drug-likeness (QED) is 0.425. The van der Waals surface area contributed by atoms with E-state index in [0.29, 0.717) is 73.4 Å². The van der Waals surface area contributed by atoms with Crippen molar-refractivity contribution in [3.05, 3.63) is 30.4 Å². The molecule has 184 valence electrons. The van der Waals surface area contributed by atoms with E-state index in [4.69, 9.17) is 24.2 Å². The number of morpholine rings is 1. The molecule has 2 fully saturated rings. The van der Waals surface area contributed by atoms with Gasteiger partial charge in [0.1, 0.15) is 11.3 Å². The van der Waals surface area contributed by atoms with Gasteiger partial charge >= 0.3 is 0 Å². The van der Waals surface area contributed by atoms with Crippen molar-refractivity contribution in [3.63, 3.8) is 0 Å². The number of alkyl halides is 2. The lowest BCUT2D eigenvalue weighted by Gasteiger charge is -2.28. The van der Waals surface area contributed by atoms with Crippen LogP contribution in [0.1, 0.15) is 31.1 Å². The number of methoxy groups -OCH3 is 1. The maximum Gasteiger partial charge on any atom is 0.296 e. The van der Waals surface area contributed by atoms with Crippen LogP contribution in [0.5, 0.6) is 5.75 Å². The smallest absolute Gasteiger partial charge is 0.296 e. The number of hydrogen-bond donors (Lipinski definition) is 0. The summed E-state index contributed by atoms with van der Waals surface area (Å²) in [5.74, 6) is 0.718. The SMILES string of the molecule is COc1cccc2c1nc(C(F)F)n2-c1nc(N2CCOCC2)nc2c1ncn2C1CCOCC1. The molecule has 0 N–H and O–H groups in total. The Morgan fingerprint density at radius 1 is 1.00 bits per heavy atom. The van der Waals surface area contributed by atoms with Gasteiger partial charge in [-0.3, -0.25) is 4.57 Å². The summed E-state index contributed by atoms with van der Waals surface area (Å²) in [6.07, 6.45) is 0.543. The van der Waals surface area contributed by atoms with Gasteiger partial charge in [0, 0.05) is 32.3 Å². The Morgan fingerprint density at radius 2 is 1.77 bits per heavy atom. The van der Waals surface area contributed by atoms with Gasteiger partial charge in [-0.2, -0.15) is 9.97 Å². The number of aromatic nitrogens is 6. The van der Waals surface area contributed by atoms with Gasteiger partial charge in [0.2, 0.25) is 5.95 Å². The first kappa shape index (κ1) is 22.1. The highest BCUT2D eigenvalue weighted by Gasteiger charge is 2.28. The Morgan fingerprint density at radius 3 is 2.51 bits per heavy atom. The van der Waals surface area contributed by atoms with Crippen LogP contribution >= 0.6 is 0 Å². The number of anilines is 1. The molecule has 0 unspecified atom stereocenters. The van der Waals surface area contributed by atoms with Gasteiger partial charge in [-0.25, -0.2) is 18.7 Å². The maximum absolute atomic E-state index is 14.3. The zero-order valence-electron chi connectivity index (χ0n) is 19.2. The molecule has 0 bridgehead atoms. The van der Waals surface area contributed by atoms with Crippen molar-refractivity contribution in [2.45, 2.75) is 25.3 Å². The number of hydrogen-bond acceptors (Lipinski definition) is 8. The van der Waals surface area contributed by atoms with E-state index >= 15 is 0 Å². The zero-order chi connectivity index (χ0) is 23.9. The van der Waals surface area contributed by atoms with Crippen molar-refractivity contribution >= 4 is 28.1 Å². The number of ether oxygens (including phenoxy) is 3. The monoisotopic (exact) mass is 485 g/mol. The molecule has 0 amide bonds. The van der Waals surface area contributed by atoms with Crippen LogP contribution < -0.4 is 9.64 Å². The number of nitrogens with zero attached hydrogens (tertiary/aromatic N) is 7. The summed E-state index contributed by atoms with van der Waals surface area (Å²) in [5.41, 5.74) is 1.85. The highest BCUT2D eigenvalue weighted by molar-refractivity contribution is 5.88. The molecule has 1 aromatic carbocycles. The Kier molecular flexibility index (Phi) is 5.69. The third-order valence-electron chi connectivity index (χ3n) is 6.57. The molecule has 2 saturated heterocycles. The second-order valence-electron chi connectivity index (χ2n) is 8.55. The second kappa shape index (κ2) is 9.00. The molecule has 10 nitrogen and oxygen atoms in total. The Bertz CT molecular complexity index is 1360. The molecule has 0 atom stereocenters. The molecule has 4 aromatic rings. The molecule has 3 aromatic heterocycles. The molecule has 2 aliphatic rings. The van der Waals surface area contributed by atoms with Gasteiger partial charge in [0.05, 0.1) is 32.2 Å². The molecule has 0 radical (unpaired) electrons. The average molecular weight is 485 g/mol. The third kappa shape index (κ3) is 3.76. The van der Waals surface area contributed by atoms with Gasteiger partial charge in [0.15, 0.2) is 22.8 Å². The average Bonchev–Trinajstić information content (AvgIpc) is 3.51. The minimum absolute atomic E-state index is 0.156. The first-order valence-electron chi connectivity index (χ1n) is 11.6. The molecule has 35 heavy (non-hydrogen) atoms. The van der Waals surface area contributed by atoms with Crippen LogP contribution in [0.3, 0.4) is 0 Å². The number of para-hydroxylation sites is 1. The van der Waals surface area contributed by atoms with Gasteiger partial charge in [-0.1, -0.05) is 6.07 Å². The minimum Gasteiger partial charge on any atom is -0.494 e. The first-order chi connectivity index (χ1) is 17.2. The molecule has 6 rings (SSSR count). The van der Waals surface area contributed by atoms with E-state index in [1.165, 1.54) is 11.7 Å². The fourth-order valence-corrected chi connectivity index (χ4v) is 4.81. The molecular weight excluding hydrogens is 460 g/mol. The van der Waals surface area contributed by atoms with Crippen molar-refractivity contribution in [3.8, 4) is 11.6 Å². The topological polar surface area (TPSA) is 92.4 Å². The van der Waals surface area contributed by atoms with Crippen LogP contribution in [0, 0.1) is 0 Å². The van der Waals surface area contributed by atoms with E-state index in [9.17, 15) is 8.78 Å². The summed E-state index contributed by atoms with van der Waals surface area (Å²) in [4.78, 5) is 20.5. The Balaban J connectivity index is 1.62. The summed E-state index contributed by atoms with van der Waals surface area (Å²) >= 11 is 0. The summed E-state index contributed by atoms with van der Waals surface area (Å²) in [6, 6.07) is 5.33. The van der Waals surface area contributed by atoms with E-state index in [2.05, 4.69) is 9.97 Å². The number of imidazole rings is 2. The summed E-state index contributed by atoms with van der Waals surface area (Å²) in [6.45, 7) is 3.61. The molecular formula is C23H25F2N7O3. The number of halogens is 2. The zero-order valence-corrected chi connectivity index (χ0v) is 19.2. The van der Waals surface area contributed by atoms with Crippen molar-refractivity contribution < 1.29 is 23.0 Å². The van der Waals surface area contributed by atoms with Crippen LogP contribution in [-0.4, -0.2) is 75.7 Å². The lowest BCUT2D eigenvalue weighted by molar-refractivity contribution is 0.0704. The van der Waals surface area contributed by atoms with Crippen LogP contribution in [0.2, 0.25) is 0 Å². The van der Waals surface area contributed by atoms with Crippen LogP contribution in [-0.2, 0) is 9.47 Å². The van der Waals surface area contributed by atoms with Crippen LogP contribution in [0.25, 0.3) is 28.0 Å². The van der Waals surface area contributed by atoms with Crippen molar-refractivity contribution in [1.29, 1.82) is 0 Å². The lowest BCUT2D eigenvalue weighted by Crippen LogP contribution is -2.37. The highest BCUT2D eigenvalue weighted by atomic mass is 19.3. The summed E-state index contributed by atoms with van der Waals surface area (Å²) in [5, 5.41) is 0. The fourth-order valence-electron chi connectivity index (χ4n) is 4.81. The minimum atomic E-state index is -2.83. The van der Waals surface area contributed by atoms with Crippen molar-refractivity contribution in [2.75, 3.05) is 51.5 Å². The number of rotatable bonds is 5. The van der Waals surface area contributed by atoms with E-state index in [1.54, 1.807) is 24.5 Å². The van der Waals surface area contributed by atoms with Gasteiger partial charge in [-0.05, 0) is 25.0 Å². The van der Waals surface area contributed by atoms with Crippen LogP contribution in [0.15, 0.2) is 24.5 Å². The normalized spacial score (nSPS) is 17.7. The molecule has 12 heteroatoms. The molecule has 0 saturated carbocycles. The van der Waals surface area contributed by atoms with Gasteiger partial charge in [0.25, 0.3) is 6.43 Å². The summed E-state index contributed by atoms with van der Waals surface area (Å²) in [7, 11) is 1.49. The first-order valence-corrected chi connectivity index (χ1v) is 11.6. The summed E-state index contributed by atoms with van der Waals surface area (Å²) < 4.78 is 48.4. The number of benzene rings is 1. The fraction of sp³-hybridized carbons (Fsp3) is 0.478. The Hall–Kier alpha value is -3.38. The van der Waals surface area contributed by atoms with E-state index < -0.39 is 12.2 Å². The van der Waals surface area contributed by atoms with E-state index in [0.717, 1.165) is 12.8 Å². The van der Waals surface area contributed by atoms with Gasteiger partial charge in [-0.15, -0.1) is 0 Å². The lowest BCUT2D eigenvalue weighted by atomic mass is 10.1. The predicted octanol–water partition coefficient (Wildman–Crippen LogP) is 3.30. The van der Waals surface area contributed by atoms with Gasteiger partial charge < -0.3 is 23.7 Å². The molecule has 0 spiro atoms. The maximum atomic E-state index is 14.3. The van der Waals surface area contributed by atoms with Crippen LogP contribution in [0.4, 0.5) is 14.7 Å². The second-order valence-corrected chi connectivity index (χ2v) is 8.55. The molecule has 0 aliphatic carbocycles. The standard InChI is InChI=1S/C23H25F2N7O3/c1-33-16-4-2-3-15-17(16)27-22(19(24)25)32(15)21-18-20(28-23(29-21)30-7-11-35-12-8-30)31(13-26-18)14-5-9-34-10-6-14/h2-4,13-14,19H,5-12H2,1H3. The molecule has 5 heterocycles. The third-order valence-corrected chi connectivity index (χ3v) is 6.57. The highest BCUT2D eigenvalue weighted by Crippen LogP contribution is 2.35. The Labute approximate surface area is 199 Å². The largest absolute Gasteiger partial charge is 0.494 e. The number of fused-ring (bicyclic) bond motifs is 2. The predicted molar refractivity (Wildman–Crippen MR) is 124 cm³/mol. The van der Waals surface area contributed by atoms with Crippen molar-refractivity contribution in [2.24, 2.45) is 0 Å². The molecule has 2 aliphatic heterocycles. The van der Waals surface area contributed by atoms with E-state index in [-0.39, 0.29) is 11.9 Å².